The summed E-state index contributed by atoms with van der Waals surface area (Å²) in [5.74, 6) is 0.110. The number of benzene rings is 2. The maximum Gasteiger partial charge on any atom is 0.255 e. The third kappa shape index (κ3) is 6.01. The molecule has 6 nitrogen and oxygen atoms in total. The first-order valence-corrected chi connectivity index (χ1v) is 12.4. The highest BCUT2D eigenvalue weighted by Gasteiger charge is 2.23. The Kier molecular flexibility index (Phi) is 6.97. The third-order valence-electron chi connectivity index (χ3n) is 5.32. The molecule has 8 heteroatoms. The van der Waals surface area contributed by atoms with Crippen molar-refractivity contribution in [2.45, 2.75) is 39.0 Å². The average Bonchev–Trinajstić information content (AvgIpc) is 2.72. The fraction of sp³-hybridized carbons (Fsp3) is 0.320. The van der Waals surface area contributed by atoms with Crippen LogP contribution in [-0.4, -0.2) is 26.8 Å². The van der Waals surface area contributed by atoms with Crippen LogP contribution in [0.2, 0.25) is 0 Å². The van der Waals surface area contributed by atoms with Gasteiger partial charge in [-0.1, -0.05) is 26.8 Å². The Balaban J connectivity index is 2.00. The van der Waals surface area contributed by atoms with E-state index in [0.717, 1.165) is 28.7 Å². The number of methoxy groups -OCH3 is 1. The minimum absolute atomic E-state index is 0.0841. The third-order valence-corrected chi connectivity index (χ3v) is 5.91. The maximum absolute atomic E-state index is 14.4. The van der Waals surface area contributed by atoms with Crippen LogP contribution in [-0.2, 0) is 28.3 Å². The van der Waals surface area contributed by atoms with Gasteiger partial charge in [0.25, 0.3) is 5.56 Å². The molecule has 0 saturated carbocycles. The average molecular weight is 473 g/mol. The molecule has 1 aromatic heterocycles. The summed E-state index contributed by atoms with van der Waals surface area (Å²) in [5, 5.41) is 0. The van der Waals surface area contributed by atoms with Crippen molar-refractivity contribution in [3.05, 3.63) is 81.5 Å². The SMILES string of the molecule is COc1c(CCc2ccc(NS(C)(=O)=O)c(F)c2)cc(-c2ccc[nH]c2=O)cc1C(C)(C)C. The Morgan fingerprint density at radius 3 is 2.39 bits per heavy atom. The lowest BCUT2D eigenvalue weighted by molar-refractivity contribution is 0.392. The van der Waals surface area contributed by atoms with Gasteiger partial charge in [0, 0.05) is 17.3 Å². The number of anilines is 1. The highest BCUT2D eigenvalue weighted by molar-refractivity contribution is 7.92. The van der Waals surface area contributed by atoms with E-state index in [1.165, 1.54) is 12.1 Å². The van der Waals surface area contributed by atoms with Gasteiger partial charge in [-0.05, 0) is 71.3 Å². The van der Waals surface area contributed by atoms with Crippen LogP contribution in [0.15, 0.2) is 53.5 Å². The van der Waals surface area contributed by atoms with E-state index in [1.54, 1.807) is 31.5 Å². The normalized spacial score (nSPS) is 11.9. The number of hydrogen-bond donors (Lipinski definition) is 2. The highest BCUT2D eigenvalue weighted by atomic mass is 32.2. The van der Waals surface area contributed by atoms with Crippen LogP contribution in [0.5, 0.6) is 5.75 Å². The molecule has 0 atom stereocenters. The first-order chi connectivity index (χ1) is 15.4. The number of ether oxygens (including phenoxy) is 1. The van der Waals surface area contributed by atoms with Crippen molar-refractivity contribution >= 4 is 15.7 Å². The lowest BCUT2D eigenvalue weighted by Gasteiger charge is -2.25. The molecule has 1 heterocycles. The molecule has 0 aliphatic carbocycles. The molecule has 3 aromatic rings. The summed E-state index contributed by atoms with van der Waals surface area (Å²) < 4.78 is 45.1. The minimum atomic E-state index is -3.56. The Morgan fingerprint density at radius 2 is 1.82 bits per heavy atom. The molecule has 3 rings (SSSR count). The predicted octanol–water partition coefficient (Wildman–Crippen LogP) is 4.64. The second-order valence-electron chi connectivity index (χ2n) is 9.07. The number of nitrogens with one attached hydrogen (secondary N) is 2. The summed E-state index contributed by atoms with van der Waals surface area (Å²) in [5.41, 5.74) is 3.45. The zero-order valence-corrected chi connectivity index (χ0v) is 20.3. The molecule has 0 bridgehead atoms. The van der Waals surface area contributed by atoms with Gasteiger partial charge in [-0.3, -0.25) is 9.52 Å². The van der Waals surface area contributed by atoms with Crippen molar-refractivity contribution in [3.63, 3.8) is 0 Å². The van der Waals surface area contributed by atoms with Crippen molar-refractivity contribution in [2.75, 3.05) is 18.1 Å². The molecule has 0 aliphatic heterocycles. The maximum atomic E-state index is 14.4. The lowest BCUT2D eigenvalue weighted by Crippen LogP contribution is -2.16. The van der Waals surface area contributed by atoms with Crippen LogP contribution >= 0.6 is 0 Å². The van der Waals surface area contributed by atoms with Gasteiger partial charge >= 0.3 is 0 Å². The largest absolute Gasteiger partial charge is 0.496 e. The van der Waals surface area contributed by atoms with Crippen molar-refractivity contribution in [1.82, 2.24) is 4.98 Å². The van der Waals surface area contributed by atoms with Crippen LogP contribution in [0, 0.1) is 5.82 Å². The number of aromatic nitrogens is 1. The number of aromatic amines is 1. The van der Waals surface area contributed by atoms with Crippen LogP contribution in [0.3, 0.4) is 0 Å². The van der Waals surface area contributed by atoms with Gasteiger partial charge in [0.2, 0.25) is 10.0 Å². The quantitative estimate of drug-likeness (QED) is 0.524. The Morgan fingerprint density at radius 1 is 1.09 bits per heavy atom. The van der Waals surface area contributed by atoms with Gasteiger partial charge < -0.3 is 9.72 Å². The molecule has 0 aliphatic rings. The van der Waals surface area contributed by atoms with Gasteiger partial charge in [0.05, 0.1) is 19.1 Å². The smallest absolute Gasteiger partial charge is 0.255 e. The molecule has 0 saturated heterocycles. The second kappa shape index (κ2) is 9.39. The molecule has 0 amide bonds. The second-order valence-corrected chi connectivity index (χ2v) is 10.8. The molecule has 0 unspecified atom stereocenters. The number of sulfonamides is 1. The summed E-state index contributed by atoms with van der Waals surface area (Å²) in [6.07, 6.45) is 3.62. The molecular formula is C25H29FN2O4S. The zero-order valence-electron chi connectivity index (χ0n) is 19.5. The number of hydrogen-bond acceptors (Lipinski definition) is 4. The van der Waals surface area contributed by atoms with Crippen molar-refractivity contribution < 1.29 is 17.5 Å². The van der Waals surface area contributed by atoms with Crippen LogP contribution in [0.25, 0.3) is 11.1 Å². The van der Waals surface area contributed by atoms with E-state index in [9.17, 15) is 17.6 Å². The monoisotopic (exact) mass is 472 g/mol. The van der Waals surface area contributed by atoms with E-state index < -0.39 is 15.8 Å². The highest BCUT2D eigenvalue weighted by Crippen LogP contribution is 2.38. The van der Waals surface area contributed by atoms with Crippen LogP contribution in [0.1, 0.15) is 37.5 Å². The lowest BCUT2D eigenvalue weighted by atomic mass is 9.82. The predicted molar refractivity (Wildman–Crippen MR) is 130 cm³/mol. The summed E-state index contributed by atoms with van der Waals surface area (Å²) in [6.45, 7) is 6.24. The van der Waals surface area contributed by atoms with E-state index in [0.29, 0.717) is 24.0 Å². The van der Waals surface area contributed by atoms with E-state index in [2.05, 4.69) is 30.5 Å². The Hall–Kier alpha value is -3.13. The summed E-state index contributed by atoms with van der Waals surface area (Å²) in [7, 11) is -1.95. The van der Waals surface area contributed by atoms with Crippen LogP contribution < -0.4 is 15.0 Å². The van der Waals surface area contributed by atoms with E-state index >= 15 is 0 Å². The summed E-state index contributed by atoms with van der Waals surface area (Å²) >= 11 is 0. The zero-order chi connectivity index (χ0) is 24.4. The fourth-order valence-corrected chi connectivity index (χ4v) is 4.32. The molecule has 0 spiro atoms. The van der Waals surface area contributed by atoms with E-state index in [-0.39, 0.29) is 16.7 Å². The Bertz CT molecular complexity index is 1320. The number of rotatable bonds is 7. The van der Waals surface area contributed by atoms with Gasteiger partial charge in [-0.15, -0.1) is 0 Å². The molecule has 2 N–H and O–H groups in total. The number of H-pyrrole nitrogens is 1. The molecule has 176 valence electrons. The van der Waals surface area contributed by atoms with Crippen molar-refractivity contribution in [1.29, 1.82) is 0 Å². The number of halogens is 1. The molecule has 2 aromatic carbocycles. The van der Waals surface area contributed by atoms with Gasteiger partial charge in [0.1, 0.15) is 11.6 Å². The van der Waals surface area contributed by atoms with Gasteiger partial charge in [-0.2, -0.15) is 0 Å². The van der Waals surface area contributed by atoms with Gasteiger partial charge in [-0.25, -0.2) is 12.8 Å². The van der Waals surface area contributed by atoms with Crippen molar-refractivity contribution in [2.24, 2.45) is 0 Å². The molecule has 0 radical (unpaired) electrons. The first-order valence-electron chi connectivity index (χ1n) is 10.5. The number of aryl methyl sites for hydroxylation is 2. The van der Waals surface area contributed by atoms with Crippen molar-refractivity contribution in [3.8, 4) is 16.9 Å². The van der Waals surface area contributed by atoms with Gasteiger partial charge in [0.15, 0.2) is 0 Å². The fourth-order valence-electron chi connectivity index (χ4n) is 3.75. The van der Waals surface area contributed by atoms with Crippen LogP contribution in [0.4, 0.5) is 10.1 Å². The summed E-state index contributed by atoms with van der Waals surface area (Å²) in [4.78, 5) is 15.1. The molecule has 0 fully saturated rings. The topological polar surface area (TPSA) is 88.3 Å². The number of pyridine rings is 1. The minimum Gasteiger partial charge on any atom is -0.496 e. The van der Waals surface area contributed by atoms with E-state index in [1.807, 2.05) is 12.1 Å². The Labute approximate surface area is 193 Å². The molecule has 33 heavy (non-hydrogen) atoms. The van der Waals surface area contributed by atoms with E-state index in [4.69, 9.17) is 4.74 Å². The standard InChI is InChI=1S/C25H29FN2O4S/c1-25(2,3)20-15-18(19-7-6-12-27-24(19)29)14-17(23(20)32-4)10-8-16-9-11-22(21(26)13-16)28-33(5,30)31/h6-7,9,11-15,28H,8,10H2,1-5H3,(H,27,29). The summed E-state index contributed by atoms with van der Waals surface area (Å²) in [6, 6.07) is 11.9. The first kappa shape index (κ1) is 24.5. The molecular weight excluding hydrogens is 443 g/mol.